The average molecular weight is 109 g/mol. The second kappa shape index (κ2) is 3.01. The first kappa shape index (κ1) is 7.87. The molecular formula is C4H6LiO3. The van der Waals surface area contributed by atoms with Crippen molar-refractivity contribution in [1.29, 1.82) is 0 Å². The molecule has 1 rings (SSSR count). The van der Waals surface area contributed by atoms with Crippen molar-refractivity contribution in [3.8, 4) is 0 Å². The molecule has 0 aromatic heterocycles. The Morgan fingerprint density at radius 2 is 2.38 bits per heavy atom. The minimum Gasteiger partial charge on any atom is -0.430 e. The third-order valence-electron chi connectivity index (χ3n) is 0.733. The van der Waals surface area contributed by atoms with E-state index >= 15 is 0 Å². The van der Waals surface area contributed by atoms with Crippen LogP contribution in [0.15, 0.2) is 0 Å². The van der Waals surface area contributed by atoms with Crippen LogP contribution in [0.2, 0.25) is 0 Å². The number of rotatable bonds is 0. The molecule has 8 heavy (non-hydrogen) atoms. The summed E-state index contributed by atoms with van der Waals surface area (Å²) in [4.78, 5) is 10.0. The fourth-order valence-electron chi connectivity index (χ4n) is 0.418. The van der Waals surface area contributed by atoms with Crippen molar-refractivity contribution in [2.75, 3.05) is 6.61 Å². The van der Waals surface area contributed by atoms with Crippen molar-refractivity contribution in [3.63, 3.8) is 0 Å². The van der Waals surface area contributed by atoms with Gasteiger partial charge in [-0.1, -0.05) is 0 Å². The Hall–Kier alpha value is -0.133. The second-order valence-corrected chi connectivity index (χ2v) is 1.49. The summed E-state index contributed by atoms with van der Waals surface area (Å²) >= 11 is 0. The van der Waals surface area contributed by atoms with E-state index in [0.29, 0.717) is 6.61 Å². The Labute approximate surface area is 59.5 Å². The van der Waals surface area contributed by atoms with Gasteiger partial charge in [-0.3, -0.25) is 0 Å². The summed E-state index contributed by atoms with van der Waals surface area (Å²) in [6, 6.07) is 0. The zero-order valence-electron chi connectivity index (χ0n) is 5.01. The van der Waals surface area contributed by atoms with E-state index in [1.807, 2.05) is 0 Å². The van der Waals surface area contributed by atoms with Gasteiger partial charge in [-0.2, -0.15) is 0 Å². The Balaban J connectivity index is 0.000000490. The van der Waals surface area contributed by atoms with Gasteiger partial charge >= 0.3 is 6.16 Å². The van der Waals surface area contributed by atoms with Crippen LogP contribution in [-0.2, 0) is 9.47 Å². The molecule has 1 aliphatic heterocycles. The summed E-state index contributed by atoms with van der Waals surface area (Å²) in [6.07, 6.45) is -0.597. The molecule has 1 heterocycles. The van der Waals surface area contributed by atoms with Gasteiger partial charge in [0.25, 0.3) is 0 Å². The molecule has 0 aliphatic carbocycles. The second-order valence-electron chi connectivity index (χ2n) is 1.49. The fraction of sp³-hybridized carbons (Fsp3) is 0.750. The maximum atomic E-state index is 10.0. The number of cyclic esters (lactones) is 2. The first-order chi connectivity index (χ1) is 3.29. The third kappa shape index (κ3) is 1.77. The number of carbonyl (C=O) groups excluding carboxylic acids is 1. The molecule has 1 aliphatic rings. The maximum Gasteiger partial charge on any atom is 0.508 e. The smallest absolute Gasteiger partial charge is 0.430 e. The van der Waals surface area contributed by atoms with Crippen molar-refractivity contribution in [2.45, 2.75) is 13.0 Å². The van der Waals surface area contributed by atoms with E-state index in [1.54, 1.807) is 6.92 Å². The van der Waals surface area contributed by atoms with Crippen molar-refractivity contribution in [1.82, 2.24) is 0 Å². The predicted octanol–water partition coefficient (Wildman–Crippen LogP) is 0.161. The molecule has 0 aromatic rings. The Bertz CT molecular complexity index is 93.3. The van der Waals surface area contributed by atoms with E-state index in [2.05, 4.69) is 9.47 Å². The molecule has 0 aromatic carbocycles. The quantitative estimate of drug-likeness (QED) is 0.328. The molecule has 1 saturated heterocycles. The van der Waals surface area contributed by atoms with Gasteiger partial charge < -0.3 is 9.47 Å². The molecule has 4 heteroatoms. The largest absolute Gasteiger partial charge is 0.508 e. The van der Waals surface area contributed by atoms with Crippen molar-refractivity contribution in [2.24, 2.45) is 0 Å². The predicted molar refractivity (Wildman–Crippen MR) is 27.6 cm³/mol. The van der Waals surface area contributed by atoms with Crippen LogP contribution in [0.5, 0.6) is 0 Å². The van der Waals surface area contributed by atoms with Crippen molar-refractivity contribution < 1.29 is 14.3 Å². The van der Waals surface area contributed by atoms with Crippen LogP contribution in [0, 0.1) is 0 Å². The van der Waals surface area contributed by atoms with E-state index in [-0.39, 0.29) is 25.0 Å². The summed E-state index contributed by atoms with van der Waals surface area (Å²) in [6.45, 7) is 2.18. The summed E-state index contributed by atoms with van der Waals surface area (Å²) in [5.74, 6) is 0. The summed E-state index contributed by atoms with van der Waals surface area (Å²) < 4.78 is 8.90. The van der Waals surface area contributed by atoms with Crippen molar-refractivity contribution >= 4 is 25.0 Å². The molecule has 0 N–H and O–H groups in total. The van der Waals surface area contributed by atoms with Crippen LogP contribution in [0.4, 0.5) is 4.79 Å². The SMILES string of the molecule is CC1COC(=O)O1.[Li]. The first-order valence-corrected chi connectivity index (χ1v) is 2.12. The van der Waals surface area contributed by atoms with Crippen LogP contribution in [0.25, 0.3) is 0 Å². The fourth-order valence-corrected chi connectivity index (χ4v) is 0.418. The molecule has 41 valence electrons. The van der Waals surface area contributed by atoms with Gasteiger partial charge in [-0.15, -0.1) is 0 Å². The van der Waals surface area contributed by atoms with Gasteiger partial charge in [0.2, 0.25) is 0 Å². The molecule has 1 radical (unpaired) electrons. The van der Waals surface area contributed by atoms with Crippen LogP contribution >= 0.6 is 0 Å². The Morgan fingerprint density at radius 1 is 1.75 bits per heavy atom. The molecule has 3 nitrogen and oxygen atoms in total. The van der Waals surface area contributed by atoms with Gasteiger partial charge in [-0.25, -0.2) is 4.79 Å². The monoisotopic (exact) mass is 109 g/mol. The third-order valence-corrected chi connectivity index (χ3v) is 0.733. The molecule has 1 atom stereocenters. The number of hydrogen-bond acceptors (Lipinski definition) is 3. The van der Waals surface area contributed by atoms with E-state index < -0.39 is 6.16 Å². The molecular weight excluding hydrogens is 103 g/mol. The van der Waals surface area contributed by atoms with E-state index in [9.17, 15) is 4.79 Å². The van der Waals surface area contributed by atoms with Gasteiger partial charge in [0.15, 0.2) is 0 Å². The minimum atomic E-state index is -0.549. The molecule has 0 saturated carbocycles. The molecule has 1 unspecified atom stereocenters. The summed E-state index contributed by atoms with van der Waals surface area (Å²) in [7, 11) is 0. The molecule has 0 spiro atoms. The first-order valence-electron chi connectivity index (χ1n) is 2.12. The van der Waals surface area contributed by atoms with Crippen LogP contribution in [0.3, 0.4) is 0 Å². The minimum absolute atomic E-state index is 0. The van der Waals surface area contributed by atoms with Gasteiger partial charge in [-0.05, 0) is 6.92 Å². The number of ether oxygens (including phenoxy) is 2. The summed E-state index contributed by atoms with van der Waals surface area (Å²) in [5.41, 5.74) is 0. The van der Waals surface area contributed by atoms with Gasteiger partial charge in [0.1, 0.15) is 12.7 Å². The Morgan fingerprint density at radius 3 is 2.50 bits per heavy atom. The molecule has 0 bridgehead atoms. The molecule has 1 fully saturated rings. The van der Waals surface area contributed by atoms with Crippen molar-refractivity contribution in [3.05, 3.63) is 0 Å². The zero-order chi connectivity index (χ0) is 5.28. The van der Waals surface area contributed by atoms with Crippen LogP contribution < -0.4 is 0 Å². The zero-order valence-corrected chi connectivity index (χ0v) is 5.01. The summed E-state index contributed by atoms with van der Waals surface area (Å²) in [5, 5.41) is 0. The number of hydrogen-bond donors (Lipinski definition) is 0. The van der Waals surface area contributed by atoms with E-state index in [1.165, 1.54) is 0 Å². The van der Waals surface area contributed by atoms with E-state index in [4.69, 9.17) is 0 Å². The van der Waals surface area contributed by atoms with Crippen LogP contribution in [0.1, 0.15) is 6.92 Å². The van der Waals surface area contributed by atoms with E-state index in [0.717, 1.165) is 0 Å². The van der Waals surface area contributed by atoms with Crippen LogP contribution in [-0.4, -0.2) is 37.7 Å². The molecule has 0 amide bonds. The maximum absolute atomic E-state index is 10.0. The van der Waals surface area contributed by atoms with Gasteiger partial charge in [0.05, 0.1) is 0 Å². The normalized spacial score (nSPS) is 25.6. The standard InChI is InChI=1S/C4H6O3.Li/c1-3-2-6-4(5)7-3;/h3H,2H2,1H3;. The topological polar surface area (TPSA) is 35.5 Å². The number of carbonyl (C=O) groups is 1. The average Bonchev–Trinajstić information content (AvgIpc) is 1.87. The van der Waals surface area contributed by atoms with Gasteiger partial charge in [0, 0.05) is 18.9 Å². The Kier molecular flexibility index (Phi) is 2.96.